The lowest BCUT2D eigenvalue weighted by molar-refractivity contribution is -0.118. The van der Waals surface area contributed by atoms with Gasteiger partial charge in [0, 0.05) is 33.7 Å². The van der Waals surface area contributed by atoms with E-state index >= 15 is 0 Å². The van der Waals surface area contributed by atoms with Gasteiger partial charge in [0.05, 0.1) is 13.2 Å². The van der Waals surface area contributed by atoms with Gasteiger partial charge in [-0.15, -0.1) is 0 Å². The summed E-state index contributed by atoms with van der Waals surface area (Å²) in [6.45, 7) is 5.96. The standard InChI is InChI=1S/C10H22N2O3/c1-10(13)12-6-5-11-4-3-7-15-9-8-14-2/h11H,3-9H2,1-2H3,(H,12,13). The van der Waals surface area contributed by atoms with E-state index < -0.39 is 0 Å². The van der Waals surface area contributed by atoms with Gasteiger partial charge in [0.1, 0.15) is 0 Å². The van der Waals surface area contributed by atoms with Gasteiger partial charge in [0.2, 0.25) is 5.91 Å². The Labute approximate surface area is 91.5 Å². The summed E-state index contributed by atoms with van der Waals surface area (Å²) in [7, 11) is 1.66. The molecule has 0 aromatic rings. The average Bonchev–Trinajstić information content (AvgIpc) is 2.20. The molecule has 0 aromatic carbocycles. The number of amides is 1. The number of methoxy groups -OCH3 is 1. The predicted octanol–water partition coefficient (Wildman–Crippen LogP) is -0.235. The number of hydrogen-bond acceptors (Lipinski definition) is 4. The number of carbonyl (C=O) groups excluding carboxylic acids is 1. The van der Waals surface area contributed by atoms with Crippen molar-refractivity contribution in [3.63, 3.8) is 0 Å². The van der Waals surface area contributed by atoms with Crippen molar-refractivity contribution in [3.8, 4) is 0 Å². The fourth-order valence-electron chi connectivity index (χ4n) is 0.995. The molecular weight excluding hydrogens is 196 g/mol. The van der Waals surface area contributed by atoms with Crippen LogP contribution in [0.1, 0.15) is 13.3 Å². The first kappa shape index (κ1) is 14.3. The van der Waals surface area contributed by atoms with Gasteiger partial charge < -0.3 is 20.1 Å². The number of ether oxygens (including phenoxy) is 2. The zero-order valence-electron chi connectivity index (χ0n) is 9.67. The van der Waals surface area contributed by atoms with Gasteiger partial charge in [-0.3, -0.25) is 4.79 Å². The van der Waals surface area contributed by atoms with Crippen LogP contribution < -0.4 is 10.6 Å². The van der Waals surface area contributed by atoms with E-state index in [-0.39, 0.29) is 5.91 Å². The predicted molar refractivity (Wildman–Crippen MR) is 58.9 cm³/mol. The van der Waals surface area contributed by atoms with Gasteiger partial charge in [-0.05, 0) is 13.0 Å². The van der Waals surface area contributed by atoms with E-state index in [1.54, 1.807) is 7.11 Å². The second-order valence-electron chi connectivity index (χ2n) is 3.19. The lowest BCUT2D eigenvalue weighted by atomic mass is 10.4. The molecule has 0 fully saturated rings. The topological polar surface area (TPSA) is 59.6 Å². The van der Waals surface area contributed by atoms with Crippen LogP contribution in [0.3, 0.4) is 0 Å². The minimum absolute atomic E-state index is 0.0136. The molecule has 0 saturated carbocycles. The van der Waals surface area contributed by atoms with Crippen LogP contribution in [0.4, 0.5) is 0 Å². The molecule has 0 spiro atoms. The Morgan fingerprint density at radius 2 is 1.93 bits per heavy atom. The van der Waals surface area contributed by atoms with Crippen molar-refractivity contribution in [3.05, 3.63) is 0 Å². The normalized spacial score (nSPS) is 10.3. The highest BCUT2D eigenvalue weighted by Crippen LogP contribution is 1.81. The second kappa shape index (κ2) is 11.4. The van der Waals surface area contributed by atoms with Crippen molar-refractivity contribution < 1.29 is 14.3 Å². The summed E-state index contributed by atoms with van der Waals surface area (Å²) in [6.07, 6.45) is 0.976. The Kier molecular flexibility index (Phi) is 10.9. The molecule has 0 aliphatic carbocycles. The third-order valence-electron chi connectivity index (χ3n) is 1.75. The Bertz CT molecular complexity index is 154. The Morgan fingerprint density at radius 3 is 2.60 bits per heavy atom. The fourth-order valence-corrected chi connectivity index (χ4v) is 0.995. The molecule has 0 bridgehead atoms. The SMILES string of the molecule is COCCOCCCNCCNC(C)=O. The summed E-state index contributed by atoms with van der Waals surface area (Å²) >= 11 is 0. The van der Waals surface area contributed by atoms with E-state index in [4.69, 9.17) is 9.47 Å². The molecule has 1 amide bonds. The molecule has 0 saturated heterocycles. The number of carbonyl (C=O) groups is 1. The van der Waals surface area contributed by atoms with Gasteiger partial charge in [0.15, 0.2) is 0 Å². The molecule has 2 N–H and O–H groups in total. The van der Waals surface area contributed by atoms with Gasteiger partial charge in [-0.1, -0.05) is 0 Å². The van der Waals surface area contributed by atoms with Crippen LogP contribution in [0, 0.1) is 0 Å². The van der Waals surface area contributed by atoms with Crippen LogP contribution in [0.5, 0.6) is 0 Å². The van der Waals surface area contributed by atoms with E-state index in [0.29, 0.717) is 19.8 Å². The third-order valence-corrected chi connectivity index (χ3v) is 1.75. The summed E-state index contributed by atoms with van der Waals surface area (Å²) in [6, 6.07) is 0. The highest BCUT2D eigenvalue weighted by atomic mass is 16.5. The maximum absolute atomic E-state index is 10.5. The van der Waals surface area contributed by atoms with Crippen LogP contribution in [0.2, 0.25) is 0 Å². The highest BCUT2D eigenvalue weighted by Gasteiger charge is 1.91. The zero-order chi connectivity index (χ0) is 11.4. The van der Waals surface area contributed by atoms with E-state index in [2.05, 4.69) is 10.6 Å². The molecular formula is C10H22N2O3. The Balaban J connectivity index is 2.89. The number of nitrogens with one attached hydrogen (secondary N) is 2. The van der Waals surface area contributed by atoms with Crippen molar-refractivity contribution in [1.82, 2.24) is 10.6 Å². The number of hydrogen-bond donors (Lipinski definition) is 2. The molecule has 90 valence electrons. The first-order chi connectivity index (χ1) is 7.27. The molecule has 0 unspecified atom stereocenters. The van der Waals surface area contributed by atoms with Crippen LogP contribution in [0.25, 0.3) is 0 Å². The van der Waals surface area contributed by atoms with E-state index in [1.807, 2.05) is 0 Å². The van der Waals surface area contributed by atoms with E-state index in [1.165, 1.54) is 6.92 Å². The fraction of sp³-hybridized carbons (Fsp3) is 0.900. The number of rotatable bonds is 10. The molecule has 0 aliphatic rings. The largest absolute Gasteiger partial charge is 0.382 e. The first-order valence-corrected chi connectivity index (χ1v) is 5.29. The van der Waals surface area contributed by atoms with Gasteiger partial charge >= 0.3 is 0 Å². The van der Waals surface area contributed by atoms with Crippen LogP contribution in [-0.4, -0.2) is 52.5 Å². The van der Waals surface area contributed by atoms with Crippen LogP contribution in [-0.2, 0) is 14.3 Å². The van der Waals surface area contributed by atoms with Crippen molar-refractivity contribution >= 4 is 5.91 Å². The monoisotopic (exact) mass is 218 g/mol. The minimum Gasteiger partial charge on any atom is -0.382 e. The summed E-state index contributed by atoms with van der Waals surface area (Å²) in [5.74, 6) is 0.0136. The Morgan fingerprint density at radius 1 is 1.13 bits per heavy atom. The Hall–Kier alpha value is -0.650. The third kappa shape index (κ3) is 13.3. The van der Waals surface area contributed by atoms with E-state index in [0.717, 1.165) is 26.1 Å². The van der Waals surface area contributed by atoms with Gasteiger partial charge in [-0.25, -0.2) is 0 Å². The zero-order valence-corrected chi connectivity index (χ0v) is 9.67. The molecule has 0 atom stereocenters. The molecule has 0 rings (SSSR count). The quantitative estimate of drug-likeness (QED) is 0.497. The lowest BCUT2D eigenvalue weighted by Crippen LogP contribution is -2.30. The molecule has 0 radical (unpaired) electrons. The highest BCUT2D eigenvalue weighted by molar-refractivity contribution is 5.72. The molecule has 0 heterocycles. The maximum Gasteiger partial charge on any atom is 0.216 e. The average molecular weight is 218 g/mol. The second-order valence-corrected chi connectivity index (χ2v) is 3.19. The lowest BCUT2D eigenvalue weighted by Gasteiger charge is -2.05. The van der Waals surface area contributed by atoms with Crippen molar-refractivity contribution in [2.45, 2.75) is 13.3 Å². The molecule has 15 heavy (non-hydrogen) atoms. The smallest absolute Gasteiger partial charge is 0.216 e. The van der Waals surface area contributed by atoms with Crippen LogP contribution in [0.15, 0.2) is 0 Å². The molecule has 5 heteroatoms. The molecule has 0 aromatic heterocycles. The van der Waals surface area contributed by atoms with Crippen molar-refractivity contribution in [2.75, 3.05) is 46.6 Å². The first-order valence-electron chi connectivity index (χ1n) is 5.29. The molecule has 0 aliphatic heterocycles. The maximum atomic E-state index is 10.5. The van der Waals surface area contributed by atoms with Crippen molar-refractivity contribution in [1.29, 1.82) is 0 Å². The van der Waals surface area contributed by atoms with Crippen LogP contribution >= 0.6 is 0 Å². The van der Waals surface area contributed by atoms with Gasteiger partial charge in [0.25, 0.3) is 0 Å². The summed E-state index contributed by atoms with van der Waals surface area (Å²) in [5.41, 5.74) is 0. The van der Waals surface area contributed by atoms with Gasteiger partial charge in [-0.2, -0.15) is 0 Å². The van der Waals surface area contributed by atoms with Crippen molar-refractivity contribution in [2.24, 2.45) is 0 Å². The summed E-state index contributed by atoms with van der Waals surface area (Å²) in [4.78, 5) is 10.5. The molecule has 5 nitrogen and oxygen atoms in total. The minimum atomic E-state index is 0.0136. The summed E-state index contributed by atoms with van der Waals surface area (Å²) < 4.78 is 10.1. The van der Waals surface area contributed by atoms with E-state index in [9.17, 15) is 4.79 Å². The summed E-state index contributed by atoms with van der Waals surface area (Å²) in [5, 5.41) is 5.92.